The van der Waals surface area contributed by atoms with E-state index in [-0.39, 0.29) is 30.5 Å². The summed E-state index contributed by atoms with van der Waals surface area (Å²) in [5.41, 5.74) is -1.63. The van der Waals surface area contributed by atoms with Crippen LogP contribution in [0.25, 0.3) is 0 Å². The third-order valence-corrected chi connectivity index (χ3v) is 8.59. The molecule has 1 aliphatic heterocycles. The van der Waals surface area contributed by atoms with Gasteiger partial charge in [0.2, 0.25) is 0 Å². The van der Waals surface area contributed by atoms with Crippen molar-refractivity contribution in [2.45, 2.75) is 76.2 Å². The van der Waals surface area contributed by atoms with Crippen LogP contribution in [0, 0.1) is 29.4 Å². The number of urea groups is 1. The molecule has 6 nitrogen and oxygen atoms in total. The third kappa shape index (κ3) is 8.20. The number of unbranched alkanes of at least 4 members (excludes halogenated alkanes) is 1. The number of rotatable bonds is 12. The van der Waals surface area contributed by atoms with Gasteiger partial charge in [0.1, 0.15) is 10.8 Å². The van der Waals surface area contributed by atoms with Crippen molar-refractivity contribution in [3.63, 3.8) is 0 Å². The normalized spacial score (nSPS) is 21.5. The van der Waals surface area contributed by atoms with E-state index >= 15 is 4.39 Å². The van der Waals surface area contributed by atoms with E-state index < -0.39 is 28.2 Å². The van der Waals surface area contributed by atoms with Gasteiger partial charge in [-0.3, -0.25) is 0 Å². The van der Waals surface area contributed by atoms with E-state index in [1.807, 2.05) is 7.05 Å². The van der Waals surface area contributed by atoms with Gasteiger partial charge in [0.25, 0.3) is 0 Å². The van der Waals surface area contributed by atoms with Gasteiger partial charge in [-0.2, -0.15) is 0 Å². The molecule has 0 aromatic heterocycles. The number of hydrogen-bond donors (Lipinski definition) is 2. The van der Waals surface area contributed by atoms with Gasteiger partial charge in [-0.15, -0.1) is 0 Å². The van der Waals surface area contributed by atoms with Crippen LogP contribution >= 0.6 is 11.6 Å². The summed E-state index contributed by atoms with van der Waals surface area (Å²) in [5, 5.41) is 14.5. The number of benzene rings is 1. The second-order valence-electron chi connectivity index (χ2n) is 11.0. The van der Waals surface area contributed by atoms with Crippen LogP contribution in [-0.2, 0) is 10.3 Å². The number of carbonyl (C=O) groups excluding carboxylic acids is 1. The SMILES string of the molecule is CNCC(/C=N/C(=O)N1CCC[C@@H]([C@](O)(CCCCOC)c2ccc(F)c(Cl)c2F)C1)CC1CCCCC1. The van der Waals surface area contributed by atoms with Crippen LogP contribution < -0.4 is 5.32 Å². The second kappa shape index (κ2) is 15.2. The predicted molar refractivity (Wildman–Crippen MR) is 148 cm³/mol. The summed E-state index contributed by atoms with van der Waals surface area (Å²) in [6.45, 7) is 2.05. The fourth-order valence-electron chi connectivity index (χ4n) is 6.16. The quantitative estimate of drug-likeness (QED) is 0.179. The van der Waals surface area contributed by atoms with Crippen molar-refractivity contribution in [2.24, 2.45) is 22.7 Å². The first kappa shape index (κ1) is 30.9. The number of methoxy groups -OCH3 is 1. The van der Waals surface area contributed by atoms with Crippen LogP contribution in [0.4, 0.5) is 13.6 Å². The van der Waals surface area contributed by atoms with Gasteiger partial charge in [0.05, 0.1) is 5.60 Å². The number of ether oxygens (including phenoxy) is 1. The van der Waals surface area contributed by atoms with E-state index in [2.05, 4.69) is 10.3 Å². The Balaban J connectivity index is 1.74. The van der Waals surface area contributed by atoms with E-state index in [9.17, 15) is 14.3 Å². The zero-order valence-electron chi connectivity index (χ0n) is 22.9. The lowest BCUT2D eigenvalue weighted by atomic mass is 9.74. The minimum absolute atomic E-state index is 0.0225. The summed E-state index contributed by atoms with van der Waals surface area (Å²) >= 11 is 5.89. The number of aliphatic imine (C=N–C) groups is 1. The summed E-state index contributed by atoms with van der Waals surface area (Å²) in [7, 11) is 3.51. The number of piperidine rings is 1. The van der Waals surface area contributed by atoms with Gasteiger partial charge < -0.3 is 20.1 Å². The van der Waals surface area contributed by atoms with Crippen molar-refractivity contribution in [3.8, 4) is 0 Å². The number of nitrogens with one attached hydrogen (secondary N) is 1. The molecule has 3 atom stereocenters. The molecule has 2 aliphatic rings. The number of hydrogen-bond acceptors (Lipinski definition) is 4. The Bertz CT molecular complexity index is 929. The number of carbonyl (C=O) groups is 1. The first-order chi connectivity index (χ1) is 18.3. The standard InChI is InChI=1S/C29H44ClF2N3O3/c1-33-18-22(17-21-9-4-3-5-10-21)19-34-28(36)35-15-8-11-23(20-35)29(37,14-6-7-16-38-2)24-12-13-25(31)26(30)27(24)32/h12-13,19,21-23,33,37H,3-11,14-18,20H2,1-2H3/b34-19+/t22?,23-,29-/m1/s1. The Kier molecular flexibility index (Phi) is 12.4. The fraction of sp³-hybridized carbons (Fsp3) is 0.724. The molecule has 0 bridgehead atoms. The lowest BCUT2D eigenvalue weighted by Gasteiger charge is -2.42. The van der Waals surface area contributed by atoms with Crippen molar-refractivity contribution >= 4 is 23.8 Å². The van der Waals surface area contributed by atoms with Crippen molar-refractivity contribution in [2.75, 3.05) is 40.4 Å². The molecule has 2 N–H and O–H groups in total. The topological polar surface area (TPSA) is 74.2 Å². The monoisotopic (exact) mass is 555 g/mol. The smallest absolute Gasteiger partial charge is 0.343 e. The third-order valence-electron chi connectivity index (χ3n) is 8.25. The maximum absolute atomic E-state index is 15.2. The van der Waals surface area contributed by atoms with Gasteiger partial charge in [-0.1, -0.05) is 49.8 Å². The van der Waals surface area contributed by atoms with E-state index in [0.717, 1.165) is 19.0 Å². The van der Waals surface area contributed by atoms with Crippen LogP contribution in [0.3, 0.4) is 0 Å². The number of likely N-dealkylation sites (tertiary alicyclic amines) is 1. The molecule has 0 spiro atoms. The highest BCUT2D eigenvalue weighted by Gasteiger charge is 2.43. The summed E-state index contributed by atoms with van der Waals surface area (Å²) in [6.07, 6.45) is 11.9. The number of halogens is 3. The van der Waals surface area contributed by atoms with Crippen molar-refractivity contribution in [1.29, 1.82) is 0 Å². The Morgan fingerprint density at radius 2 is 2.03 bits per heavy atom. The largest absolute Gasteiger partial charge is 0.385 e. The molecule has 9 heteroatoms. The molecule has 3 rings (SSSR count). The average Bonchev–Trinajstić information content (AvgIpc) is 2.93. The molecular formula is C29H44ClF2N3O3. The molecule has 1 saturated carbocycles. The molecule has 1 heterocycles. The molecule has 1 saturated heterocycles. The lowest BCUT2D eigenvalue weighted by Crippen LogP contribution is -2.48. The summed E-state index contributed by atoms with van der Waals surface area (Å²) in [4.78, 5) is 19.1. The highest BCUT2D eigenvalue weighted by atomic mass is 35.5. The zero-order chi connectivity index (χ0) is 27.5. The summed E-state index contributed by atoms with van der Waals surface area (Å²) in [5.74, 6) is -1.40. The molecule has 1 aliphatic carbocycles. The summed E-state index contributed by atoms with van der Waals surface area (Å²) < 4.78 is 34.2. The van der Waals surface area contributed by atoms with Gasteiger partial charge >= 0.3 is 6.03 Å². The molecule has 2 amide bonds. The van der Waals surface area contributed by atoms with Gasteiger partial charge in [0.15, 0.2) is 5.82 Å². The van der Waals surface area contributed by atoms with Crippen LogP contribution in [0.1, 0.15) is 76.2 Å². The van der Waals surface area contributed by atoms with Crippen LogP contribution in [0.5, 0.6) is 0 Å². The van der Waals surface area contributed by atoms with E-state index in [4.69, 9.17) is 16.3 Å². The minimum atomic E-state index is -1.60. The maximum atomic E-state index is 15.2. The van der Waals surface area contributed by atoms with Crippen molar-refractivity contribution in [1.82, 2.24) is 10.2 Å². The van der Waals surface area contributed by atoms with E-state index in [1.165, 1.54) is 38.2 Å². The molecule has 214 valence electrons. The molecule has 1 aromatic rings. The first-order valence-corrected chi connectivity index (χ1v) is 14.5. The Hall–Kier alpha value is -1.61. The highest BCUT2D eigenvalue weighted by Crippen LogP contribution is 2.42. The molecule has 2 fully saturated rings. The molecule has 0 radical (unpaired) electrons. The predicted octanol–water partition coefficient (Wildman–Crippen LogP) is 6.33. The van der Waals surface area contributed by atoms with E-state index in [0.29, 0.717) is 44.8 Å². The van der Waals surface area contributed by atoms with E-state index in [1.54, 1.807) is 18.2 Å². The minimum Gasteiger partial charge on any atom is -0.385 e. The number of nitrogens with zero attached hydrogens (tertiary/aromatic N) is 2. The van der Waals surface area contributed by atoms with Gasteiger partial charge in [0, 0.05) is 57.0 Å². The lowest BCUT2D eigenvalue weighted by molar-refractivity contribution is -0.0583. The maximum Gasteiger partial charge on any atom is 0.343 e. The van der Waals surface area contributed by atoms with Gasteiger partial charge in [-0.05, 0) is 57.6 Å². The van der Waals surface area contributed by atoms with Crippen LogP contribution in [0.15, 0.2) is 17.1 Å². The average molecular weight is 556 g/mol. The van der Waals surface area contributed by atoms with Gasteiger partial charge in [-0.25, -0.2) is 18.6 Å². The number of amides is 2. The molecule has 1 aromatic carbocycles. The van der Waals surface area contributed by atoms with Crippen LogP contribution in [0.2, 0.25) is 5.02 Å². The Morgan fingerprint density at radius 3 is 2.74 bits per heavy atom. The van der Waals surface area contributed by atoms with Crippen molar-refractivity contribution < 1.29 is 23.4 Å². The summed E-state index contributed by atoms with van der Waals surface area (Å²) in [6, 6.07) is 2.03. The molecular weight excluding hydrogens is 512 g/mol. The Morgan fingerprint density at radius 1 is 1.26 bits per heavy atom. The number of aliphatic hydroxyl groups is 1. The highest BCUT2D eigenvalue weighted by molar-refractivity contribution is 6.31. The van der Waals surface area contributed by atoms with Crippen molar-refractivity contribution in [3.05, 3.63) is 34.4 Å². The first-order valence-electron chi connectivity index (χ1n) is 14.1. The fourth-order valence-corrected chi connectivity index (χ4v) is 6.33. The molecule has 38 heavy (non-hydrogen) atoms. The molecule has 1 unspecified atom stereocenters. The van der Waals surface area contributed by atoms with Crippen LogP contribution in [-0.4, -0.2) is 62.7 Å². The zero-order valence-corrected chi connectivity index (χ0v) is 23.6. The Labute approximate surface area is 231 Å². The second-order valence-corrected chi connectivity index (χ2v) is 11.4.